The van der Waals surface area contributed by atoms with Crippen LogP contribution in [0.1, 0.15) is 33.8 Å². The highest BCUT2D eigenvalue weighted by Gasteiger charge is 2.31. The lowest BCUT2D eigenvalue weighted by molar-refractivity contribution is 0.0976. The fraction of sp³-hybridized carbons (Fsp3) is 0.0714. The standard InChI is InChI=1S/C28H19FN2O/c29-20-14-12-19(13-15-20)28-25(17-31(30-28)21-8-2-1-3-9-21)24-16-26(32)23-11-5-7-18-6-4-10-22(24)27(18)23/h1-15,17,24H,16H2. The van der Waals surface area contributed by atoms with E-state index in [-0.39, 0.29) is 17.5 Å². The van der Waals surface area contributed by atoms with Gasteiger partial charge >= 0.3 is 0 Å². The minimum Gasteiger partial charge on any atom is -0.294 e. The second-order valence-electron chi connectivity index (χ2n) is 8.15. The number of halogens is 1. The minimum atomic E-state index is -0.288. The van der Waals surface area contributed by atoms with Gasteiger partial charge in [-0.15, -0.1) is 0 Å². The number of carbonyl (C=O) groups is 1. The highest BCUT2D eigenvalue weighted by Crippen LogP contribution is 2.43. The predicted octanol–water partition coefficient (Wildman–Crippen LogP) is 6.55. The van der Waals surface area contributed by atoms with Crippen LogP contribution < -0.4 is 0 Å². The molecule has 32 heavy (non-hydrogen) atoms. The van der Waals surface area contributed by atoms with Crippen molar-refractivity contribution < 1.29 is 9.18 Å². The summed E-state index contributed by atoms with van der Waals surface area (Å²) in [6, 6.07) is 28.4. The van der Waals surface area contributed by atoms with Gasteiger partial charge in [-0.05, 0) is 52.7 Å². The number of para-hydroxylation sites is 1. The molecule has 4 aromatic carbocycles. The van der Waals surface area contributed by atoms with E-state index in [0.717, 1.165) is 44.4 Å². The van der Waals surface area contributed by atoms with Crippen LogP contribution in [0.25, 0.3) is 27.7 Å². The molecule has 1 heterocycles. The van der Waals surface area contributed by atoms with Gasteiger partial charge in [-0.2, -0.15) is 5.10 Å². The topological polar surface area (TPSA) is 34.9 Å². The third kappa shape index (κ3) is 2.95. The molecule has 0 saturated carbocycles. The van der Waals surface area contributed by atoms with Gasteiger partial charge in [0.1, 0.15) is 5.82 Å². The summed E-state index contributed by atoms with van der Waals surface area (Å²) in [5, 5.41) is 6.97. The molecule has 0 spiro atoms. The summed E-state index contributed by atoms with van der Waals surface area (Å²) in [5.41, 5.74) is 5.41. The van der Waals surface area contributed by atoms with Crippen LogP contribution in [0.15, 0.2) is 97.2 Å². The van der Waals surface area contributed by atoms with Crippen molar-refractivity contribution in [3.8, 4) is 16.9 Å². The van der Waals surface area contributed by atoms with Gasteiger partial charge in [-0.1, -0.05) is 54.6 Å². The van der Waals surface area contributed by atoms with Crippen molar-refractivity contribution in [2.24, 2.45) is 0 Å². The zero-order valence-corrected chi connectivity index (χ0v) is 17.2. The van der Waals surface area contributed by atoms with Crippen LogP contribution in [0.2, 0.25) is 0 Å². The van der Waals surface area contributed by atoms with E-state index in [9.17, 15) is 9.18 Å². The predicted molar refractivity (Wildman–Crippen MR) is 124 cm³/mol. The van der Waals surface area contributed by atoms with Gasteiger partial charge in [0.2, 0.25) is 0 Å². The van der Waals surface area contributed by atoms with Gasteiger partial charge in [0, 0.05) is 35.2 Å². The molecule has 3 nitrogen and oxygen atoms in total. The smallest absolute Gasteiger partial charge is 0.164 e. The van der Waals surface area contributed by atoms with Crippen LogP contribution in [0, 0.1) is 5.82 Å². The van der Waals surface area contributed by atoms with Gasteiger partial charge in [0.15, 0.2) is 5.78 Å². The van der Waals surface area contributed by atoms with E-state index >= 15 is 0 Å². The molecule has 0 saturated heterocycles. The number of nitrogens with zero attached hydrogens (tertiary/aromatic N) is 2. The van der Waals surface area contributed by atoms with Crippen LogP contribution in [0.4, 0.5) is 4.39 Å². The number of aromatic nitrogens is 2. The van der Waals surface area contributed by atoms with E-state index < -0.39 is 0 Å². The Morgan fingerprint density at radius 1 is 0.812 bits per heavy atom. The van der Waals surface area contributed by atoms with Crippen LogP contribution >= 0.6 is 0 Å². The zero-order chi connectivity index (χ0) is 21.7. The summed E-state index contributed by atoms with van der Waals surface area (Å²) < 4.78 is 15.5. The quantitative estimate of drug-likeness (QED) is 0.333. The van der Waals surface area contributed by atoms with Gasteiger partial charge < -0.3 is 0 Å². The van der Waals surface area contributed by atoms with Crippen molar-refractivity contribution in [2.45, 2.75) is 12.3 Å². The second kappa shape index (κ2) is 7.27. The fourth-order valence-electron chi connectivity index (χ4n) is 4.76. The van der Waals surface area contributed by atoms with E-state index in [1.165, 1.54) is 12.1 Å². The average Bonchev–Trinajstić information content (AvgIpc) is 3.28. The zero-order valence-electron chi connectivity index (χ0n) is 17.2. The first-order chi connectivity index (χ1) is 15.7. The van der Waals surface area contributed by atoms with Crippen LogP contribution in [0.5, 0.6) is 0 Å². The lowest BCUT2D eigenvalue weighted by Crippen LogP contribution is -2.16. The van der Waals surface area contributed by atoms with E-state index in [4.69, 9.17) is 5.10 Å². The maximum Gasteiger partial charge on any atom is 0.164 e. The number of hydrogen-bond donors (Lipinski definition) is 0. The minimum absolute atomic E-state index is 0.126. The Morgan fingerprint density at radius 3 is 2.34 bits per heavy atom. The summed E-state index contributed by atoms with van der Waals surface area (Å²) in [6.07, 6.45) is 2.39. The molecule has 1 aliphatic carbocycles. The molecule has 0 aliphatic heterocycles. The highest BCUT2D eigenvalue weighted by molar-refractivity contribution is 6.12. The van der Waals surface area contributed by atoms with E-state index in [2.05, 4.69) is 6.07 Å². The molecule has 0 amide bonds. The third-order valence-corrected chi connectivity index (χ3v) is 6.26. The van der Waals surface area contributed by atoms with Crippen molar-refractivity contribution in [3.05, 3.63) is 120 Å². The normalized spacial score (nSPS) is 15.3. The first kappa shape index (κ1) is 18.7. The number of hydrogen-bond acceptors (Lipinski definition) is 2. The molecule has 0 fully saturated rings. The molecule has 154 valence electrons. The number of carbonyl (C=O) groups excluding carboxylic acids is 1. The number of rotatable bonds is 3. The molecule has 1 aromatic heterocycles. The van der Waals surface area contributed by atoms with Gasteiger partial charge in [0.05, 0.1) is 11.4 Å². The summed E-state index contributed by atoms with van der Waals surface area (Å²) in [5.74, 6) is -0.278. The highest BCUT2D eigenvalue weighted by atomic mass is 19.1. The Hall–Kier alpha value is -4.05. The molecule has 0 bridgehead atoms. The van der Waals surface area contributed by atoms with Gasteiger partial charge in [-0.25, -0.2) is 9.07 Å². The maximum absolute atomic E-state index is 13.6. The molecule has 6 rings (SSSR count). The molecule has 1 aliphatic rings. The molecular weight excluding hydrogens is 399 g/mol. The van der Waals surface area contributed by atoms with Crippen LogP contribution in [-0.4, -0.2) is 15.6 Å². The Bertz CT molecular complexity index is 1460. The summed E-state index contributed by atoms with van der Waals surface area (Å²) in [6.45, 7) is 0. The Kier molecular flexibility index (Phi) is 4.25. The molecule has 0 N–H and O–H groups in total. The first-order valence-corrected chi connectivity index (χ1v) is 10.6. The Morgan fingerprint density at radius 2 is 1.56 bits per heavy atom. The maximum atomic E-state index is 13.6. The van der Waals surface area contributed by atoms with Crippen molar-refractivity contribution in [3.63, 3.8) is 0 Å². The summed E-state index contributed by atoms with van der Waals surface area (Å²) >= 11 is 0. The fourth-order valence-corrected chi connectivity index (χ4v) is 4.76. The molecule has 4 heteroatoms. The van der Waals surface area contributed by atoms with Crippen molar-refractivity contribution in [2.75, 3.05) is 0 Å². The largest absolute Gasteiger partial charge is 0.294 e. The van der Waals surface area contributed by atoms with Crippen molar-refractivity contribution in [1.29, 1.82) is 0 Å². The van der Waals surface area contributed by atoms with Crippen molar-refractivity contribution in [1.82, 2.24) is 9.78 Å². The lowest BCUT2D eigenvalue weighted by Gasteiger charge is -2.25. The second-order valence-corrected chi connectivity index (χ2v) is 8.15. The van der Waals surface area contributed by atoms with E-state index in [0.29, 0.717) is 6.42 Å². The van der Waals surface area contributed by atoms with Crippen LogP contribution in [-0.2, 0) is 0 Å². The molecule has 5 aromatic rings. The first-order valence-electron chi connectivity index (χ1n) is 10.6. The third-order valence-electron chi connectivity index (χ3n) is 6.26. The SMILES string of the molecule is O=C1CC(c2cn(-c3ccccc3)nc2-c2ccc(F)cc2)c2cccc3cccc1c23. The lowest BCUT2D eigenvalue weighted by atomic mass is 9.77. The van der Waals surface area contributed by atoms with E-state index in [1.807, 2.05) is 71.5 Å². The monoisotopic (exact) mass is 418 g/mol. The van der Waals surface area contributed by atoms with Gasteiger partial charge in [0.25, 0.3) is 0 Å². The summed E-state index contributed by atoms with van der Waals surface area (Å²) in [7, 11) is 0. The molecule has 1 atom stereocenters. The Labute approximate surface area is 184 Å². The van der Waals surface area contributed by atoms with Crippen LogP contribution in [0.3, 0.4) is 0 Å². The molecule has 1 unspecified atom stereocenters. The number of benzene rings is 4. The van der Waals surface area contributed by atoms with Crippen molar-refractivity contribution >= 4 is 16.6 Å². The molecular formula is C28H19FN2O. The summed E-state index contributed by atoms with van der Waals surface area (Å²) in [4.78, 5) is 13.1. The van der Waals surface area contributed by atoms with E-state index in [1.54, 1.807) is 12.1 Å². The number of Topliss-reactive ketones (excluding diaryl/α,β-unsaturated/α-hetero) is 1. The van der Waals surface area contributed by atoms with Gasteiger partial charge in [-0.3, -0.25) is 4.79 Å². The molecule has 0 radical (unpaired) electrons. The number of ketones is 1. The Balaban J connectivity index is 1.60. The average molecular weight is 418 g/mol.